The molecule has 1 rings (SSSR count). The summed E-state index contributed by atoms with van der Waals surface area (Å²) in [5.41, 5.74) is 5.91. The average Bonchev–Trinajstić information content (AvgIpc) is 2.04. The van der Waals surface area contributed by atoms with Crippen molar-refractivity contribution in [1.29, 1.82) is 0 Å². The number of terminal acetylenes is 1. The Morgan fingerprint density at radius 1 is 1.73 bits per heavy atom. The lowest BCUT2D eigenvalue weighted by atomic mass is 10.3. The largest absolute Gasteiger partial charge is 0.467 e. The van der Waals surface area contributed by atoms with Gasteiger partial charge in [-0.2, -0.15) is 4.98 Å². The highest BCUT2D eigenvalue weighted by molar-refractivity contribution is 5.48. The fourth-order valence-electron chi connectivity index (χ4n) is 0.588. The molecule has 4 nitrogen and oxygen atoms in total. The molecule has 0 aliphatic carbocycles. The molecule has 0 atom stereocenters. The van der Waals surface area contributed by atoms with Gasteiger partial charge >= 0.3 is 6.01 Å². The van der Waals surface area contributed by atoms with Crippen LogP contribution in [-0.2, 0) is 0 Å². The highest BCUT2D eigenvalue weighted by Crippen LogP contribution is 2.08. The van der Waals surface area contributed by atoms with E-state index in [0.717, 1.165) is 0 Å². The molecule has 1 aromatic rings. The van der Waals surface area contributed by atoms with E-state index in [9.17, 15) is 0 Å². The Labute approximate surface area is 64.4 Å². The van der Waals surface area contributed by atoms with Gasteiger partial charge < -0.3 is 10.5 Å². The number of anilines is 1. The number of nitrogen functional groups attached to an aromatic ring is 1. The first kappa shape index (κ1) is 7.35. The van der Waals surface area contributed by atoms with Crippen molar-refractivity contribution < 1.29 is 4.74 Å². The van der Waals surface area contributed by atoms with Crippen LogP contribution in [0.25, 0.3) is 0 Å². The second-order valence-electron chi connectivity index (χ2n) is 1.80. The number of hydrogen-bond acceptors (Lipinski definition) is 4. The molecule has 1 heterocycles. The predicted octanol–water partition coefficient (Wildman–Crippen LogP) is 0.0487. The van der Waals surface area contributed by atoms with Gasteiger partial charge in [0.15, 0.2) is 0 Å². The van der Waals surface area contributed by atoms with E-state index >= 15 is 0 Å². The maximum Gasteiger partial charge on any atom is 0.318 e. The molecule has 0 fully saturated rings. The number of nitrogens with zero attached hydrogens (tertiary/aromatic N) is 2. The lowest BCUT2D eigenvalue weighted by Gasteiger charge is -1.98. The molecule has 0 saturated heterocycles. The molecule has 0 saturated carbocycles. The minimum atomic E-state index is 0.224. The van der Waals surface area contributed by atoms with Gasteiger partial charge in [-0.25, -0.2) is 4.98 Å². The molecule has 0 aliphatic rings. The molecule has 0 spiro atoms. The lowest BCUT2D eigenvalue weighted by molar-refractivity contribution is 0.380. The van der Waals surface area contributed by atoms with Crippen LogP contribution in [0.3, 0.4) is 0 Å². The van der Waals surface area contributed by atoms with Crippen molar-refractivity contribution in [2.45, 2.75) is 0 Å². The average molecular weight is 149 g/mol. The van der Waals surface area contributed by atoms with Crippen molar-refractivity contribution in [2.75, 3.05) is 12.8 Å². The van der Waals surface area contributed by atoms with E-state index in [1.54, 1.807) is 0 Å². The van der Waals surface area contributed by atoms with Crippen LogP contribution in [0.5, 0.6) is 6.01 Å². The third-order valence-corrected chi connectivity index (χ3v) is 1.13. The Hall–Kier alpha value is -1.76. The monoisotopic (exact) mass is 149 g/mol. The maximum absolute atomic E-state index is 5.43. The van der Waals surface area contributed by atoms with Gasteiger partial charge in [-0.1, -0.05) is 5.92 Å². The van der Waals surface area contributed by atoms with Crippen LogP contribution in [-0.4, -0.2) is 17.1 Å². The Morgan fingerprint density at radius 3 is 2.91 bits per heavy atom. The Morgan fingerprint density at radius 2 is 2.45 bits per heavy atom. The quantitative estimate of drug-likeness (QED) is 0.573. The maximum atomic E-state index is 5.43. The minimum absolute atomic E-state index is 0.224. The number of ether oxygens (including phenoxy) is 1. The van der Waals surface area contributed by atoms with Gasteiger partial charge in [0.05, 0.1) is 18.9 Å². The summed E-state index contributed by atoms with van der Waals surface area (Å²) in [5.74, 6) is 2.60. The van der Waals surface area contributed by atoms with Crippen LogP contribution in [0.2, 0.25) is 0 Å². The van der Waals surface area contributed by atoms with Crippen LogP contribution in [0.4, 0.5) is 5.82 Å². The Bertz CT molecular complexity index is 303. The van der Waals surface area contributed by atoms with E-state index < -0.39 is 0 Å². The fourth-order valence-corrected chi connectivity index (χ4v) is 0.588. The van der Waals surface area contributed by atoms with Crippen LogP contribution >= 0.6 is 0 Å². The molecule has 4 heteroatoms. The summed E-state index contributed by atoms with van der Waals surface area (Å²) in [7, 11) is 1.46. The van der Waals surface area contributed by atoms with Crippen LogP contribution < -0.4 is 10.5 Å². The van der Waals surface area contributed by atoms with Crippen molar-refractivity contribution in [3.05, 3.63) is 11.8 Å². The van der Waals surface area contributed by atoms with Crippen molar-refractivity contribution in [3.63, 3.8) is 0 Å². The van der Waals surface area contributed by atoms with Gasteiger partial charge in [0, 0.05) is 0 Å². The van der Waals surface area contributed by atoms with Crippen LogP contribution in [0.1, 0.15) is 5.56 Å². The molecule has 2 N–H and O–H groups in total. The van der Waals surface area contributed by atoms with Gasteiger partial charge in [-0.05, 0) is 0 Å². The van der Waals surface area contributed by atoms with Crippen molar-refractivity contribution in [1.82, 2.24) is 9.97 Å². The van der Waals surface area contributed by atoms with Crippen molar-refractivity contribution in [3.8, 4) is 18.4 Å². The summed E-state index contributed by atoms with van der Waals surface area (Å²) in [6.45, 7) is 0. The van der Waals surface area contributed by atoms with E-state index in [4.69, 9.17) is 16.9 Å². The Kier molecular flexibility index (Phi) is 1.93. The zero-order valence-electron chi connectivity index (χ0n) is 6.03. The SMILES string of the molecule is C#Cc1cnc(OC)nc1N. The Balaban J connectivity index is 3.12. The third kappa shape index (κ3) is 1.38. The molecule has 0 bridgehead atoms. The highest BCUT2D eigenvalue weighted by Gasteiger charge is 1.99. The van der Waals surface area contributed by atoms with Gasteiger partial charge in [-0.3, -0.25) is 0 Å². The molecular formula is C7H7N3O. The van der Waals surface area contributed by atoms with Gasteiger partial charge in [0.1, 0.15) is 5.82 Å². The molecular weight excluding hydrogens is 142 g/mol. The minimum Gasteiger partial charge on any atom is -0.467 e. The molecule has 0 unspecified atom stereocenters. The summed E-state index contributed by atoms with van der Waals surface area (Å²) in [6.07, 6.45) is 6.54. The second-order valence-corrected chi connectivity index (χ2v) is 1.80. The molecule has 56 valence electrons. The first-order valence-electron chi connectivity index (χ1n) is 2.91. The van der Waals surface area contributed by atoms with E-state index in [0.29, 0.717) is 5.56 Å². The predicted molar refractivity (Wildman–Crippen MR) is 40.9 cm³/mol. The third-order valence-electron chi connectivity index (χ3n) is 1.13. The summed E-state index contributed by atoms with van der Waals surface area (Å²) in [6, 6.07) is 0.224. The zero-order valence-corrected chi connectivity index (χ0v) is 6.03. The topological polar surface area (TPSA) is 61.0 Å². The summed E-state index contributed by atoms with van der Waals surface area (Å²) in [5, 5.41) is 0. The lowest BCUT2D eigenvalue weighted by Crippen LogP contribution is -1.99. The number of nitrogens with two attached hydrogens (primary N) is 1. The molecule has 0 amide bonds. The van der Waals surface area contributed by atoms with Crippen LogP contribution in [0, 0.1) is 12.3 Å². The number of methoxy groups -OCH3 is 1. The van der Waals surface area contributed by atoms with E-state index in [2.05, 4.69) is 15.9 Å². The standard InChI is InChI=1S/C7H7N3O/c1-3-5-4-9-7(11-2)10-6(5)8/h1,4H,2H3,(H2,8,9,10). The number of hydrogen-bond donors (Lipinski definition) is 1. The van der Waals surface area contributed by atoms with Crippen LogP contribution in [0.15, 0.2) is 6.20 Å². The van der Waals surface area contributed by atoms with Gasteiger partial charge in [0.25, 0.3) is 0 Å². The summed E-state index contributed by atoms with van der Waals surface area (Å²) in [4.78, 5) is 7.54. The first-order valence-corrected chi connectivity index (χ1v) is 2.91. The fraction of sp³-hybridized carbons (Fsp3) is 0.143. The molecule has 0 radical (unpaired) electrons. The second kappa shape index (κ2) is 2.88. The summed E-state index contributed by atoms with van der Waals surface area (Å²) >= 11 is 0. The molecule has 11 heavy (non-hydrogen) atoms. The number of aromatic nitrogens is 2. The first-order chi connectivity index (χ1) is 5.27. The molecule has 0 aliphatic heterocycles. The number of rotatable bonds is 1. The zero-order chi connectivity index (χ0) is 8.27. The smallest absolute Gasteiger partial charge is 0.318 e. The van der Waals surface area contributed by atoms with Crippen molar-refractivity contribution in [2.24, 2.45) is 0 Å². The van der Waals surface area contributed by atoms with E-state index in [1.165, 1.54) is 13.3 Å². The highest BCUT2D eigenvalue weighted by atomic mass is 16.5. The van der Waals surface area contributed by atoms with Gasteiger partial charge in [0.2, 0.25) is 0 Å². The van der Waals surface area contributed by atoms with E-state index in [1.807, 2.05) is 0 Å². The normalized spacial score (nSPS) is 8.73. The molecule has 1 aromatic heterocycles. The van der Waals surface area contributed by atoms with Gasteiger partial charge in [-0.15, -0.1) is 6.42 Å². The van der Waals surface area contributed by atoms with E-state index in [-0.39, 0.29) is 11.8 Å². The molecule has 0 aromatic carbocycles. The van der Waals surface area contributed by atoms with Crippen molar-refractivity contribution >= 4 is 5.82 Å². The summed E-state index contributed by atoms with van der Waals surface area (Å²) < 4.78 is 4.72.